The van der Waals surface area contributed by atoms with Gasteiger partial charge in [-0.25, -0.2) is 0 Å². The van der Waals surface area contributed by atoms with E-state index in [-0.39, 0.29) is 26.2 Å². The second kappa shape index (κ2) is 8.93. The van der Waals surface area contributed by atoms with E-state index in [2.05, 4.69) is 13.1 Å². The van der Waals surface area contributed by atoms with Gasteiger partial charge in [0.25, 0.3) is 0 Å². The van der Waals surface area contributed by atoms with Crippen LogP contribution in [-0.4, -0.2) is 9.52 Å². The Labute approximate surface area is 48.9 Å². The van der Waals surface area contributed by atoms with E-state index in [9.17, 15) is 0 Å². The Bertz CT molecular complexity index is 6.00. The zero-order valence-electron chi connectivity index (χ0n) is 3.21. The summed E-state index contributed by atoms with van der Waals surface area (Å²) in [4.78, 5) is 0. The van der Waals surface area contributed by atoms with E-state index in [4.69, 9.17) is 0 Å². The topological polar surface area (TPSA) is 0 Å². The van der Waals surface area contributed by atoms with Crippen LogP contribution in [0.2, 0.25) is 13.1 Å². The van der Waals surface area contributed by atoms with Crippen LogP contribution in [0.25, 0.3) is 0 Å². The van der Waals surface area contributed by atoms with Crippen molar-refractivity contribution in [1.82, 2.24) is 0 Å². The molecule has 0 atom stereocenters. The molecule has 0 aliphatic rings. The Morgan fingerprint density at radius 2 is 1.25 bits per heavy atom. The summed E-state index contributed by atoms with van der Waals surface area (Å²) < 4.78 is 0. The summed E-state index contributed by atoms with van der Waals surface area (Å²) in [6.45, 7) is 4.53. The first-order chi connectivity index (χ1) is 1.41. The van der Waals surface area contributed by atoms with Crippen LogP contribution in [0.3, 0.4) is 0 Å². The predicted octanol–water partition coefficient (Wildman–Crippen LogP) is 0.249. The van der Waals surface area contributed by atoms with Crippen LogP contribution in [0, 0.1) is 0 Å². The summed E-state index contributed by atoms with van der Waals surface area (Å²) in [5.41, 5.74) is 0. The fourth-order valence-electron chi connectivity index (χ4n) is 0. The molecule has 0 aromatic carbocycles. The van der Waals surface area contributed by atoms with Gasteiger partial charge in [0.2, 0.25) is 0 Å². The quantitative estimate of drug-likeness (QED) is 0.435. The molecule has 0 amide bonds. The van der Waals surface area contributed by atoms with Gasteiger partial charge in [0.15, 0.2) is 0 Å². The van der Waals surface area contributed by atoms with Gasteiger partial charge in [0, 0.05) is 35.7 Å². The first kappa shape index (κ1) is 8.92. The second-order valence-corrected chi connectivity index (χ2v) is 2.12. The molecule has 0 aliphatic heterocycles. The van der Waals surface area contributed by atoms with E-state index in [1.165, 1.54) is 0 Å². The molecule has 0 saturated heterocycles. The molecular weight excluding hydrogens is 143 g/mol. The minimum Gasteiger partial charge on any atom is -0.0750 e. The molecule has 2 heteroatoms. The van der Waals surface area contributed by atoms with Gasteiger partial charge < -0.3 is 0 Å². The van der Waals surface area contributed by atoms with E-state index >= 15 is 0 Å². The summed E-state index contributed by atoms with van der Waals surface area (Å²) in [6.07, 6.45) is 0. The van der Waals surface area contributed by atoms with Crippen molar-refractivity contribution in [2.75, 3.05) is 0 Å². The smallest absolute Gasteiger partial charge is 0.0135 e. The van der Waals surface area contributed by atoms with Crippen molar-refractivity contribution in [1.29, 1.82) is 0 Å². The number of hydrogen-bond donors (Lipinski definition) is 0. The maximum atomic E-state index is 2.26. The molecule has 0 fully saturated rings. The minimum absolute atomic E-state index is 0. The van der Waals surface area contributed by atoms with Gasteiger partial charge in [-0.1, -0.05) is 13.1 Å². The van der Waals surface area contributed by atoms with Crippen LogP contribution < -0.4 is 0 Å². The largest absolute Gasteiger partial charge is 0.0750 e. The summed E-state index contributed by atoms with van der Waals surface area (Å²) in [5.74, 6) is 0. The van der Waals surface area contributed by atoms with Gasteiger partial charge in [-0.15, -0.1) is 0 Å². The van der Waals surface area contributed by atoms with Crippen LogP contribution in [0.5, 0.6) is 0 Å². The molecule has 0 aliphatic carbocycles. The van der Waals surface area contributed by atoms with E-state index in [0.29, 0.717) is 9.52 Å². The SMILES string of the molecule is C[SiH2]C.[Zr]. The van der Waals surface area contributed by atoms with Crippen LogP contribution >= 0.6 is 0 Å². The van der Waals surface area contributed by atoms with Gasteiger partial charge in [-0.3, -0.25) is 0 Å². The van der Waals surface area contributed by atoms with Crippen molar-refractivity contribution in [2.24, 2.45) is 0 Å². The van der Waals surface area contributed by atoms with Crippen molar-refractivity contribution < 1.29 is 26.2 Å². The molecule has 4 heavy (non-hydrogen) atoms. The van der Waals surface area contributed by atoms with Gasteiger partial charge >= 0.3 is 0 Å². The van der Waals surface area contributed by atoms with Crippen LogP contribution in [0.4, 0.5) is 0 Å². The average molecular weight is 151 g/mol. The Balaban J connectivity index is 0. The van der Waals surface area contributed by atoms with E-state index in [1.54, 1.807) is 0 Å². The zero-order valence-corrected chi connectivity index (χ0v) is 7.08. The molecule has 0 nitrogen and oxygen atoms in total. The monoisotopic (exact) mass is 150 g/mol. The third-order valence-corrected chi connectivity index (χ3v) is 0. The number of rotatable bonds is 0. The van der Waals surface area contributed by atoms with E-state index in [1.807, 2.05) is 0 Å². The summed E-state index contributed by atoms with van der Waals surface area (Å²) >= 11 is 0. The van der Waals surface area contributed by atoms with Crippen molar-refractivity contribution in [3.63, 3.8) is 0 Å². The van der Waals surface area contributed by atoms with Gasteiger partial charge in [0.1, 0.15) is 0 Å². The number of hydrogen-bond acceptors (Lipinski definition) is 0. The molecule has 0 N–H and O–H groups in total. The van der Waals surface area contributed by atoms with Gasteiger partial charge in [-0.2, -0.15) is 0 Å². The van der Waals surface area contributed by atoms with Crippen LogP contribution in [0.1, 0.15) is 0 Å². The molecule has 0 heterocycles. The third-order valence-electron chi connectivity index (χ3n) is 0. The van der Waals surface area contributed by atoms with Crippen molar-refractivity contribution in [3.05, 3.63) is 0 Å². The third kappa shape index (κ3) is 11.3. The molecule has 0 bridgehead atoms. The molecule has 0 radical (unpaired) electrons. The fourth-order valence-corrected chi connectivity index (χ4v) is 0. The van der Waals surface area contributed by atoms with Gasteiger partial charge in [0.05, 0.1) is 0 Å². The second-order valence-electron chi connectivity index (χ2n) is 0.707. The standard InChI is InChI=1S/C2H8Si.Zr/c1-3-2;/h3H2,1-2H3;. The Morgan fingerprint density at radius 1 is 1.25 bits per heavy atom. The average Bonchev–Trinajstić information content (AvgIpc) is 0.918. The Hall–Kier alpha value is 1.10. The molecule has 0 spiro atoms. The zero-order chi connectivity index (χ0) is 2.71. The first-order valence-electron chi connectivity index (χ1n) is 1.41. The summed E-state index contributed by atoms with van der Waals surface area (Å²) in [6, 6.07) is 0. The van der Waals surface area contributed by atoms with E-state index < -0.39 is 0 Å². The van der Waals surface area contributed by atoms with Crippen molar-refractivity contribution >= 4 is 9.52 Å². The Kier molecular flexibility index (Phi) is 19.9. The molecule has 0 unspecified atom stereocenters. The molecule has 0 aromatic rings. The molecule has 0 aromatic heterocycles. The fraction of sp³-hybridized carbons (Fsp3) is 1.00. The molecule has 0 saturated carbocycles. The van der Waals surface area contributed by atoms with E-state index in [0.717, 1.165) is 0 Å². The minimum atomic E-state index is 0. The molecule has 24 valence electrons. The van der Waals surface area contributed by atoms with Gasteiger partial charge in [-0.05, 0) is 0 Å². The normalized spacial score (nSPS) is 4.50. The maximum Gasteiger partial charge on any atom is 0.0135 e. The predicted molar refractivity (Wildman–Crippen MR) is 20.3 cm³/mol. The summed E-state index contributed by atoms with van der Waals surface area (Å²) in [5, 5.41) is 0. The molecule has 0 rings (SSSR count). The van der Waals surface area contributed by atoms with Crippen LogP contribution in [0.15, 0.2) is 0 Å². The maximum absolute atomic E-state index is 2.26. The summed E-state index contributed by atoms with van der Waals surface area (Å²) in [7, 11) is 0.417. The van der Waals surface area contributed by atoms with Crippen molar-refractivity contribution in [2.45, 2.75) is 13.1 Å². The first-order valence-corrected chi connectivity index (χ1v) is 4.24. The Morgan fingerprint density at radius 3 is 1.25 bits per heavy atom. The molecular formula is C2H8SiZr. The van der Waals surface area contributed by atoms with Crippen molar-refractivity contribution in [3.8, 4) is 0 Å². The van der Waals surface area contributed by atoms with Crippen LogP contribution in [-0.2, 0) is 26.2 Å².